The van der Waals surface area contributed by atoms with Crippen LogP contribution in [0.15, 0.2) is 120 Å². The van der Waals surface area contributed by atoms with Gasteiger partial charge in [-0.05, 0) is 78.6 Å². The second kappa shape index (κ2) is 17.0. The number of rotatable bonds is 12. The number of nitrogens with one attached hydrogen (secondary N) is 3. The highest BCUT2D eigenvalue weighted by Crippen LogP contribution is 2.38. The van der Waals surface area contributed by atoms with Crippen molar-refractivity contribution in [2.24, 2.45) is 0 Å². The van der Waals surface area contributed by atoms with Gasteiger partial charge < -0.3 is 20.7 Å². The summed E-state index contributed by atoms with van der Waals surface area (Å²) in [7, 11) is 1.57. The van der Waals surface area contributed by atoms with Crippen molar-refractivity contribution in [2.45, 2.75) is 36.6 Å². The number of fused-ring (bicyclic) bond motifs is 1. The number of hydrogen-bond acceptors (Lipinski definition) is 8. The molecular formula is C41H37N5O4S2. The number of thioether (sulfide) groups is 1. The molecule has 1 atom stereocenters. The van der Waals surface area contributed by atoms with Gasteiger partial charge in [-0.2, -0.15) is 5.26 Å². The second-order valence-corrected chi connectivity index (χ2v) is 14.7. The summed E-state index contributed by atoms with van der Waals surface area (Å²) in [5, 5.41) is 18.8. The molecule has 0 radical (unpaired) electrons. The van der Waals surface area contributed by atoms with E-state index in [0.717, 1.165) is 41.4 Å². The number of benzene rings is 4. The lowest BCUT2D eigenvalue weighted by Crippen LogP contribution is -2.30. The molecule has 3 amide bonds. The molecule has 1 unspecified atom stereocenters. The maximum absolute atomic E-state index is 13.6. The Bertz CT molecular complexity index is 2130. The number of hydrogen-bond donors (Lipinski definition) is 3. The molecule has 52 heavy (non-hydrogen) atoms. The number of amides is 3. The van der Waals surface area contributed by atoms with Gasteiger partial charge in [-0.1, -0.05) is 66.7 Å². The van der Waals surface area contributed by atoms with Gasteiger partial charge in [-0.25, -0.2) is 0 Å². The largest absolute Gasteiger partial charge is 0.497 e. The normalized spacial score (nSPS) is 13.3. The van der Waals surface area contributed by atoms with E-state index < -0.39 is 17.1 Å². The Balaban J connectivity index is 1.11. The lowest BCUT2D eigenvalue weighted by molar-refractivity contribution is -0.115. The summed E-state index contributed by atoms with van der Waals surface area (Å²) in [6.07, 6.45) is 2.35. The molecule has 5 aromatic rings. The lowest BCUT2D eigenvalue weighted by Gasteiger charge is -2.26. The van der Waals surface area contributed by atoms with E-state index in [1.54, 1.807) is 86.8 Å². The molecule has 1 aliphatic heterocycles. The summed E-state index contributed by atoms with van der Waals surface area (Å²) in [5.74, 6) is -0.486. The van der Waals surface area contributed by atoms with E-state index in [-0.39, 0.29) is 11.6 Å². The third-order valence-electron chi connectivity index (χ3n) is 8.46. The van der Waals surface area contributed by atoms with Crippen molar-refractivity contribution in [3.8, 4) is 11.8 Å². The minimum Gasteiger partial charge on any atom is -0.497 e. The van der Waals surface area contributed by atoms with Crippen molar-refractivity contribution in [3.63, 3.8) is 0 Å². The van der Waals surface area contributed by atoms with Crippen molar-refractivity contribution in [1.29, 1.82) is 5.26 Å². The van der Waals surface area contributed by atoms with Gasteiger partial charge in [0.15, 0.2) is 0 Å². The van der Waals surface area contributed by atoms with Crippen molar-refractivity contribution in [2.75, 3.05) is 24.3 Å². The van der Waals surface area contributed by atoms with Crippen molar-refractivity contribution >= 4 is 57.6 Å². The van der Waals surface area contributed by atoms with Gasteiger partial charge in [0.1, 0.15) is 22.5 Å². The number of methoxy groups -OCH3 is 1. The molecule has 2 heterocycles. The van der Waals surface area contributed by atoms with E-state index in [4.69, 9.17) is 4.74 Å². The van der Waals surface area contributed by atoms with Crippen LogP contribution in [0.1, 0.15) is 44.4 Å². The van der Waals surface area contributed by atoms with Gasteiger partial charge in [0.2, 0.25) is 5.91 Å². The van der Waals surface area contributed by atoms with Crippen molar-refractivity contribution < 1.29 is 19.1 Å². The summed E-state index contributed by atoms with van der Waals surface area (Å²) in [6.45, 7) is 4.21. The minimum absolute atomic E-state index is 0.0555. The minimum atomic E-state index is -0.513. The van der Waals surface area contributed by atoms with Gasteiger partial charge in [0, 0.05) is 40.7 Å². The fourth-order valence-corrected chi connectivity index (χ4v) is 7.94. The lowest BCUT2D eigenvalue weighted by atomic mass is 10.0. The molecule has 0 spiro atoms. The highest BCUT2D eigenvalue weighted by atomic mass is 32.2. The number of thiophene rings is 1. The number of nitrogens with zero attached hydrogens (tertiary/aromatic N) is 2. The quantitative estimate of drug-likeness (QED) is 0.0889. The van der Waals surface area contributed by atoms with Crippen LogP contribution in [0.5, 0.6) is 5.75 Å². The van der Waals surface area contributed by atoms with E-state index in [1.165, 1.54) is 28.7 Å². The first-order valence-corrected chi connectivity index (χ1v) is 18.4. The predicted octanol–water partition coefficient (Wildman–Crippen LogP) is 7.72. The van der Waals surface area contributed by atoms with Crippen molar-refractivity contribution in [3.05, 3.63) is 148 Å². The Morgan fingerprint density at radius 2 is 1.69 bits per heavy atom. The number of anilines is 2. The third-order valence-corrected chi connectivity index (χ3v) is 10.7. The number of ether oxygens (including phenoxy) is 1. The highest BCUT2D eigenvalue weighted by molar-refractivity contribution is 8.00. The van der Waals surface area contributed by atoms with E-state index in [2.05, 4.69) is 39.1 Å². The molecule has 9 nitrogen and oxygen atoms in total. The van der Waals surface area contributed by atoms with Crippen LogP contribution in [0.25, 0.3) is 6.08 Å². The van der Waals surface area contributed by atoms with Gasteiger partial charge in [0.05, 0.1) is 17.9 Å². The molecule has 1 aromatic heterocycles. The molecule has 1 aliphatic rings. The monoisotopic (exact) mass is 727 g/mol. The molecule has 0 saturated heterocycles. The zero-order chi connectivity index (χ0) is 36.5. The molecule has 0 fully saturated rings. The fraction of sp³-hybridized carbons (Fsp3) is 0.171. The van der Waals surface area contributed by atoms with Crippen LogP contribution in [0.4, 0.5) is 10.7 Å². The Morgan fingerprint density at radius 3 is 2.40 bits per heavy atom. The Morgan fingerprint density at radius 1 is 0.962 bits per heavy atom. The topological polar surface area (TPSA) is 124 Å². The Kier molecular flexibility index (Phi) is 11.8. The van der Waals surface area contributed by atoms with Gasteiger partial charge in [-0.3, -0.25) is 19.3 Å². The summed E-state index contributed by atoms with van der Waals surface area (Å²) in [4.78, 5) is 44.3. The van der Waals surface area contributed by atoms with Crippen LogP contribution >= 0.6 is 23.1 Å². The fourth-order valence-electron chi connectivity index (χ4n) is 5.77. The average Bonchev–Trinajstić information content (AvgIpc) is 3.51. The van der Waals surface area contributed by atoms with Gasteiger partial charge >= 0.3 is 0 Å². The van der Waals surface area contributed by atoms with Gasteiger partial charge in [0.25, 0.3) is 11.8 Å². The molecule has 3 N–H and O–H groups in total. The Hall–Kier alpha value is -5.67. The summed E-state index contributed by atoms with van der Waals surface area (Å²) < 4.78 is 5.24. The molecule has 262 valence electrons. The van der Waals surface area contributed by atoms with Crippen LogP contribution in [0.2, 0.25) is 0 Å². The maximum Gasteiger partial charge on any atom is 0.272 e. The smallest absolute Gasteiger partial charge is 0.272 e. The number of nitriles is 1. The maximum atomic E-state index is 13.6. The standard InChI is InChI=1S/C41H37N5O4S2/c1-27(38(47)45-41-35(24-42)34-20-21-46(26-37(34)52-41)25-29-10-5-3-6-11-29)51-33-15-9-14-31(23-33)43-40(49)36(22-28-16-18-32(50-2)19-17-28)44-39(48)30-12-7-4-8-13-30/h3-19,22-23,27H,20-21,25-26H2,1-2H3,(H,43,49)(H,44,48)(H,45,47)/b36-22+. The molecule has 11 heteroatoms. The zero-order valence-corrected chi connectivity index (χ0v) is 30.4. The molecule has 0 bridgehead atoms. The first-order valence-electron chi connectivity index (χ1n) is 16.7. The predicted molar refractivity (Wildman–Crippen MR) is 207 cm³/mol. The molecule has 0 aliphatic carbocycles. The number of carbonyl (C=O) groups is 3. The van der Waals surface area contributed by atoms with Crippen LogP contribution in [-0.2, 0) is 29.1 Å². The summed E-state index contributed by atoms with van der Waals surface area (Å²) in [5.41, 5.74) is 4.47. The zero-order valence-electron chi connectivity index (χ0n) is 28.7. The van der Waals surface area contributed by atoms with Crippen LogP contribution in [0.3, 0.4) is 0 Å². The van der Waals surface area contributed by atoms with Crippen LogP contribution < -0.4 is 20.7 Å². The van der Waals surface area contributed by atoms with Crippen molar-refractivity contribution in [1.82, 2.24) is 10.2 Å². The summed E-state index contributed by atoms with van der Waals surface area (Å²) >= 11 is 2.81. The first kappa shape index (κ1) is 36.1. The van der Waals surface area contributed by atoms with E-state index >= 15 is 0 Å². The summed E-state index contributed by atoms with van der Waals surface area (Å²) in [6, 6.07) is 35.6. The van der Waals surface area contributed by atoms with E-state index in [1.807, 2.05) is 30.3 Å². The van der Waals surface area contributed by atoms with Gasteiger partial charge in [-0.15, -0.1) is 23.1 Å². The highest BCUT2D eigenvalue weighted by Gasteiger charge is 2.26. The third kappa shape index (κ3) is 9.16. The second-order valence-electron chi connectivity index (χ2n) is 12.1. The molecule has 0 saturated carbocycles. The Labute approximate surface area is 311 Å². The molecular weight excluding hydrogens is 691 g/mol. The van der Waals surface area contributed by atoms with E-state index in [0.29, 0.717) is 33.1 Å². The average molecular weight is 728 g/mol. The molecule has 4 aromatic carbocycles. The number of carbonyl (C=O) groups excluding carboxylic acids is 3. The SMILES string of the molecule is COc1ccc(/C=C(/NC(=O)c2ccccc2)C(=O)Nc2cccc(SC(C)C(=O)Nc3sc4c(c3C#N)CCN(Cc3ccccc3)C4)c2)cc1. The molecule has 6 rings (SSSR count). The van der Waals surface area contributed by atoms with Crippen LogP contribution in [-0.4, -0.2) is 41.5 Å². The van der Waals surface area contributed by atoms with Crippen LogP contribution in [0, 0.1) is 11.3 Å². The first-order chi connectivity index (χ1) is 25.3. The van der Waals surface area contributed by atoms with E-state index in [9.17, 15) is 19.6 Å².